The molecule has 0 radical (unpaired) electrons. The van der Waals surface area contributed by atoms with Crippen LogP contribution in [0.4, 0.5) is 17.1 Å². The van der Waals surface area contributed by atoms with Gasteiger partial charge in [-0.25, -0.2) is 0 Å². The molecule has 0 bridgehead atoms. The molecule has 1 aromatic rings. The summed E-state index contributed by atoms with van der Waals surface area (Å²) < 4.78 is 5.10. The number of hydrogen-bond acceptors (Lipinski definition) is 5. The molecule has 0 aliphatic heterocycles. The van der Waals surface area contributed by atoms with Crippen LogP contribution in [0.1, 0.15) is 13.8 Å². The van der Waals surface area contributed by atoms with Gasteiger partial charge in [-0.05, 0) is 18.1 Å². The second-order valence-electron chi connectivity index (χ2n) is 4.45. The van der Waals surface area contributed by atoms with Crippen LogP contribution in [0.3, 0.4) is 0 Å². The summed E-state index contributed by atoms with van der Waals surface area (Å²) in [5.74, 6) is 0.283. The van der Waals surface area contributed by atoms with Crippen LogP contribution in [0.2, 0.25) is 0 Å². The van der Waals surface area contributed by atoms with Crippen molar-refractivity contribution in [2.45, 2.75) is 19.9 Å². The highest BCUT2D eigenvalue weighted by atomic mass is 16.6. The summed E-state index contributed by atoms with van der Waals surface area (Å²) >= 11 is 0. The second kappa shape index (κ2) is 6.20. The lowest BCUT2D eigenvalue weighted by Gasteiger charge is -2.22. The van der Waals surface area contributed by atoms with E-state index >= 15 is 0 Å². The van der Waals surface area contributed by atoms with Crippen LogP contribution in [0, 0.1) is 16.0 Å². The summed E-state index contributed by atoms with van der Waals surface area (Å²) in [6.45, 7) is 4.52. The molecular formula is C12H19N3O3. The van der Waals surface area contributed by atoms with Gasteiger partial charge in [0.05, 0.1) is 17.6 Å². The predicted octanol–water partition coefficient (Wildman–Crippen LogP) is 2.26. The van der Waals surface area contributed by atoms with Gasteiger partial charge >= 0.3 is 5.69 Å². The first-order valence-corrected chi connectivity index (χ1v) is 5.75. The number of benzene rings is 1. The Hall–Kier alpha value is -1.82. The number of methoxy groups -OCH3 is 1. The van der Waals surface area contributed by atoms with E-state index in [2.05, 4.69) is 5.32 Å². The van der Waals surface area contributed by atoms with Gasteiger partial charge in [0.2, 0.25) is 0 Å². The number of nitrogen functional groups attached to an aromatic ring is 1. The van der Waals surface area contributed by atoms with Crippen LogP contribution in [-0.4, -0.2) is 24.7 Å². The summed E-state index contributed by atoms with van der Waals surface area (Å²) in [4.78, 5) is 10.5. The number of nitrogens with two attached hydrogens (primary N) is 1. The lowest BCUT2D eigenvalue weighted by Crippen LogP contribution is -2.30. The molecule has 6 heteroatoms. The highest BCUT2D eigenvalue weighted by molar-refractivity contribution is 5.74. The molecule has 0 saturated carbocycles. The molecule has 0 spiro atoms. The van der Waals surface area contributed by atoms with Gasteiger partial charge < -0.3 is 15.8 Å². The van der Waals surface area contributed by atoms with E-state index in [4.69, 9.17) is 10.5 Å². The first-order chi connectivity index (χ1) is 8.47. The first-order valence-electron chi connectivity index (χ1n) is 5.75. The molecule has 0 amide bonds. The summed E-state index contributed by atoms with van der Waals surface area (Å²) in [7, 11) is 1.60. The topological polar surface area (TPSA) is 90.4 Å². The van der Waals surface area contributed by atoms with Gasteiger partial charge in [0.25, 0.3) is 0 Å². The number of anilines is 2. The minimum Gasteiger partial charge on any atom is -0.393 e. The number of nitro groups is 1. The molecule has 1 unspecified atom stereocenters. The maximum absolute atomic E-state index is 11.0. The predicted molar refractivity (Wildman–Crippen MR) is 71.6 cm³/mol. The Morgan fingerprint density at radius 2 is 2.17 bits per heavy atom. The van der Waals surface area contributed by atoms with Crippen molar-refractivity contribution in [2.24, 2.45) is 5.92 Å². The van der Waals surface area contributed by atoms with Crippen molar-refractivity contribution >= 4 is 17.1 Å². The lowest BCUT2D eigenvalue weighted by molar-refractivity contribution is -0.383. The normalized spacial score (nSPS) is 12.4. The van der Waals surface area contributed by atoms with Gasteiger partial charge in [-0.1, -0.05) is 19.9 Å². The van der Waals surface area contributed by atoms with Gasteiger partial charge in [-0.3, -0.25) is 10.1 Å². The number of hydrogen-bond donors (Lipinski definition) is 2. The summed E-state index contributed by atoms with van der Waals surface area (Å²) in [5.41, 5.74) is 6.14. The third-order valence-corrected chi connectivity index (χ3v) is 2.74. The van der Waals surface area contributed by atoms with E-state index in [1.165, 1.54) is 6.07 Å². The molecule has 1 aromatic carbocycles. The molecule has 0 saturated heterocycles. The smallest absolute Gasteiger partial charge is 0.314 e. The third-order valence-electron chi connectivity index (χ3n) is 2.74. The zero-order valence-corrected chi connectivity index (χ0v) is 10.8. The standard InChI is InChI=1S/C12H19N3O3/c1-8(2)11(7-18-3)14-10-6-4-5-9(13)12(10)15(16)17/h4-6,8,11,14H,7,13H2,1-3H3. The van der Waals surface area contributed by atoms with Crippen LogP contribution >= 0.6 is 0 Å². The minimum absolute atomic E-state index is 0.00417. The Morgan fingerprint density at radius 3 is 2.67 bits per heavy atom. The average Bonchev–Trinajstić information content (AvgIpc) is 2.27. The van der Waals surface area contributed by atoms with Crippen molar-refractivity contribution in [1.29, 1.82) is 0 Å². The van der Waals surface area contributed by atoms with Crippen LogP contribution in [-0.2, 0) is 4.74 Å². The van der Waals surface area contributed by atoms with Crippen molar-refractivity contribution < 1.29 is 9.66 Å². The second-order valence-corrected chi connectivity index (χ2v) is 4.45. The van der Waals surface area contributed by atoms with E-state index < -0.39 is 4.92 Å². The van der Waals surface area contributed by atoms with Crippen molar-refractivity contribution in [2.75, 3.05) is 24.8 Å². The lowest BCUT2D eigenvalue weighted by atomic mass is 10.0. The number of ether oxygens (including phenoxy) is 1. The maximum Gasteiger partial charge on any atom is 0.314 e. The molecule has 1 atom stereocenters. The van der Waals surface area contributed by atoms with Gasteiger partial charge in [0.1, 0.15) is 11.4 Å². The number of nitrogens with one attached hydrogen (secondary N) is 1. The van der Waals surface area contributed by atoms with Crippen LogP contribution < -0.4 is 11.1 Å². The van der Waals surface area contributed by atoms with Gasteiger partial charge in [0, 0.05) is 7.11 Å². The largest absolute Gasteiger partial charge is 0.393 e. The fourth-order valence-electron chi connectivity index (χ4n) is 1.66. The van der Waals surface area contributed by atoms with Gasteiger partial charge in [0.15, 0.2) is 0 Å². The Bertz CT molecular complexity index is 421. The molecule has 100 valence electrons. The van der Waals surface area contributed by atoms with Crippen LogP contribution in [0.5, 0.6) is 0 Å². The Labute approximate surface area is 106 Å². The molecule has 0 fully saturated rings. The van der Waals surface area contributed by atoms with Crippen LogP contribution in [0.25, 0.3) is 0 Å². The summed E-state index contributed by atoms with van der Waals surface area (Å²) in [6, 6.07) is 4.86. The Kier molecular flexibility index (Phi) is 4.91. The highest BCUT2D eigenvalue weighted by Crippen LogP contribution is 2.31. The van der Waals surface area contributed by atoms with E-state index in [0.717, 1.165) is 0 Å². The van der Waals surface area contributed by atoms with Crippen molar-refractivity contribution in [1.82, 2.24) is 0 Å². The maximum atomic E-state index is 11.0. The summed E-state index contributed by atoms with van der Waals surface area (Å²) in [5, 5.41) is 14.1. The quantitative estimate of drug-likeness (QED) is 0.461. The van der Waals surface area contributed by atoms with Gasteiger partial charge in [-0.2, -0.15) is 0 Å². The number of rotatable bonds is 6. The molecule has 0 aliphatic carbocycles. The molecule has 0 aromatic heterocycles. The number of nitro benzene ring substituents is 1. The highest BCUT2D eigenvalue weighted by Gasteiger charge is 2.21. The van der Waals surface area contributed by atoms with Crippen LogP contribution in [0.15, 0.2) is 18.2 Å². The first kappa shape index (κ1) is 14.2. The molecule has 0 heterocycles. The molecule has 0 aliphatic rings. The molecular weight excluding hydrogens is 234 g/mol. The number of para-hydroxylation sites is 1. The zero-order chi connectivity index (χ0) is 13.7. The molecule has 6 nitrogen and oxygen atoms in total. The van der Waals surface area contributed by atoms with Gasteiger partial charge in [-0.15, -0.1) is 0 Å². The molecule has 3 N–H and O–H groups in total. The van der Waals surface area contributed by atoms with E-state index in [1.807, 2.05) is 13.8 Å². The van der Waals surface area contributed by atoms with E-state index in [9.17, 15) is 10.1 Å². The third kappa shape index (κ3) is 3.33. The monoisotopic (exact) mass is 253 g/mol. The van der Waals surface area contributed by atoms with Crippen molar-refractivity contribution in [3.8, 4) is 0 Å². The van der Waals surface area contributed by atoms with Crippen molar-refractivity contribution in [3.05, 3.63) is 28.3 Å². The van der Waals surface area contributed by atoms with Crippen molar-refractivity contribution in [3.63, 3.8) is 0 Å². The van der Waals surface area contributed by atoms with E-state index in [1.54, 1.807) is 19.2 Å². The summed E-state index contributed by atoms with van der Waals surface area (Å²) in [6.07, 6.45) is 0. The number of nitrogens with zero attached hydrogens (tertiary/aromatic N) is 1. The minimum atomic E-state index is -0.470. The molecule has 18 heavy (non-hydrogen) atoms. The van der Waals surface area contributed by atoms with E-state index in [-0.39, 0.29) is 23.3 Å². The average molecular weight is 253 g/mol. The molecule has 1 rings (SSSR count). The SMILES string of the molecule is COCC(Nc1cccc(N)c1[N+](=O)[O-])C(C)C. The fraction of sp³-hybridized carbons (Fsp3) is 0.500. The Morgan fingerprint density at radius 1 is 1.50 bits per heavy atom. The van der Waals surface area contributed by atoms with E-state index in [0.29, 0.717) is 12.3 Å². The zero-order valence-electron chi connectivity index (χ0n) is 10.8. The Balaban J connectivity index is 3.02. The fourth-order valence-corrected chi connectivity index (χ4v) is 1.66.